The Hall–Kier alpha value is -2.20. The molecular formula is C22H32FN3O5S. The molecular weight excluding hydrogens is 437 g/mol. The predicted molar refractivity (Wildman–Crippen MR) is 118 cm³/mol. The van der Waals surface area contributed by atoms with Crippen LogP contribution in [0.1, 0.15) is 57.4 Å². The zero-order valence-electron chi connectivity index (χ0n) is 18.6. The van der Waals surface area contributed by atoms with Gasteiger partial charge in [0.1, 0.15) is 6.54 Å². The van der Waals surface area contributed by atoms with Crippen LogP contribution in [0.25, 0.3) is 0 Å². The molecule has 0 aromatic heterocycles. The summed E-state index contributed by atoms with van der Waals surface area (Å²) in [5.41, 5.74) is 0.677. The van der Waals surface area contributed by atoms with Crippen molar-refractivity contribution in [1.29, 1.82) is 0 Å². The number of nitrogens with one attached hydrogen (secondary N) is 1. The van der Waals surface area contributed by atoms with Gasteiger partial charge in [-0.2, -0.15) is 0 Å². The van der Waals surface area contributed by atoms with Gasteiger partial charge in [-0.25, -0.2) is 22.7 Å². The third-order valence-corrected chi connectivity index (χ3v) is 7.46. The molecule has 0 radical (unpaired) electrons. The fraction of sp³-hybridized carbons (Fsp3) is 0.636. The number of hydrogen-bond acceptors (Lipinski definition) is 5. The topological polar surface area (TPSA) is 119 Å². The molecule has 3 amide bonds. The molecule has 2 atom stereocenters. The number of nitrogens with two attached hydrogens (primary N) is 1. The number of ether oxygens (including phenoxy) is 1. The SMILES string of the molecule is CC(C)C(c1ccc(F)c(OCC2CC2)c1)C(CCCCN1CC(=O)NC1=O)S(N)(=O)=O. The van der Waals surface area contributed by atoms with Gasteiger partial charge in [-0.1, -0.05) is 26.3 Å². The van der Waals surface area contributed by atoms with E-state index < -0.39 is 33.0 Å². The van der Waals surface area contributed by atoms with Gasteiger partial charge < -0.3 is 9.64 Å². The Morgan fingerprint density at radius 1 is 1.25 bits per heavy atom. The zero-order chi connectivity index (χ0) is 23.5. The summed E-state index contributed by atoms with van der Waals surface area (Å²) < 4.78 is 45.0. The maximum Gasteiger partial charge on any atom is 0.324 e. The van der Waals surface area contributed by atoms with E-state index in [1.807, 2.05) is 13.8 Å². The average molecular weight is 470 g/mol. The molecule has 178 valence electrons. The number of carbonyl (C=O) groups is 2. The highest BCUT2D eigenvalue weighted by Gasteiger charge is 2.35. The van der Waals surface area contributed by atoms with Crippen LogP contribution in [-0.2, 0) is 14.8 Å². The maximum absolute atomic E-state index is 14.3. The molecule has 3 N–H and O–H groups in total. The van der Waals surface area contributed by atoms with Gasteiger partial charge in [-0.15, -0.1) is 0 Å². The molecule has 2 unspecified atom stereocenters. The van der Waals surface area contributed by atoms with E-state index in [1.165, 1.54) is 11.0 Å². The van der Waals surface area contributed by atoms with Crippen molar-refractivity contribution in [2.45, 2.75) is 57.1 Å². The average Bonchev–Trinajstić information content (AvgIpc) is 3.46. The fourth-order valence-electron chi connectivity index (χ4n) is 4.22. The maximum atomic E-state index is 14.3. The Bertz CT molecular complexity index is 949. The van der Waals surface area contributed by atoms with Crippen LogP contribution >= 0.6 is 0 Å². The summed E-state index contributed by atoms with van der Waals surface area (Å²) in [6.45, 7) is 4.66. The normalized spacial score (nSPS) is 18.7. The third-order valence-electron chi connectivity index (χ3n) is 6.09. The van der Waals surface area contributed by atoms with E-state index in [1.54, 1.807) is 12.1 Å². The van der Waals surface area contributed by atoms with Crippen LogP contribution in [0, 0.1) is 17.7 Å². The molecule has 1 aromatic rings. The van der Waals surface area contributed by atoms with Gasteiger partial charge in [0.05, 0.1) is 11.9 Å². The van der Waals surface area contributed by atoms with Crippen molar-refractivity contribution in [3.8, 4) is 5.75 Å². The molecule has 1 aromatic carbocycles. The summed E-state index contributed by atoms with van der Waals surface area (Å²) in [6, 6.07) is 4.09. The van der Waals surface area contributed by atoms with Gasteiger partial charge in [0.25, 0.3) is 0 Å². The highest BCUT2D eigenvalue weighted by Crippen LogP contribution is 2.37. The second kappa shape index (κ2) is 10.2. The summed E-state index contributed by atoms with van der Waals surface area (Å²) in [4.78, 5) is 24.3. The van der Waals surface area contributed by atoms with Crippen molar-refractivity contribution in [2.24, 2.45) is 17.0 Å². The van der Waals surface area contributed by atoms with E-state index in [9.17, 15) is 22.4 Å². The smallest absolute Gasteiger partial charge is 0.324 e. The van der Waals surface area contributed by atoms with E-state index in [-0.39, 0.29) is 24.1 Å². The molecule has 1 saturated heterocycles. The Labute approximate surface area is 188 Å². The molecule has 1 aliphatic heterocycles. The number of carbonyl (C=O) groups excluding carboxylic acids is 2. The van der Waals surface area contributed by atoms with E-state index in [0.717, 1.165) is 12.8 Å². The second-order valence-electron chi connectivity index (χ2n) is 9.11. The number of halogens is 1. The first kappa shape index (κ1) is 24.4. The lowest BCUT2D eigenvalue weighted by atomic mass is 9.83. The van der Waals surface area contributed by atoms with Crippen molar-refractivity contribution >= 4 is 22.0 Å². The van der Waals surface area contributed by atoms with Crippen LogP contribution in [0.3, 0.4) is 0 Å². The highest BCUT2D eigenvalue weighted by atomic mass is 32.2. The van der Waals surface area contributed by atoms with Gasteiger partial charge in [-0.05, 0) is 55.2 Å². The first-order chi connectivity index (χ1) is 15.1. The summed E-state index contributed by atoms with van der Waals surface area (Å²) >= 11 is 0. The second-order valence-corrected chi connectivity index (χ2v) is 10.9. The number of amides is 3. The van der Waals surface area contributed by atoms with Gasteiger partial charge in [0, 0.05) is 12.5 Å². The predicted octanol–water partition coefficient (Wildman–Crippen LogP) is 2.73. The summed E-state index contributed by atoms with van der Waals surface area (Å²) in [5.74, 6) is -0.717. The fourth-order valence-corrected chi connectivity index (χ4v) is 5.59. The summed E-state index contributed by atoms with van der Waals surface area (Å²) in [7, 11) is -3.90. The zero-order valence-corrected chi connectivity index (χ0v) is 19.4. The van der Waals surface area contributed by atoms with Crippen molar-refractivity contribution in [3.05, 3.63) is 29.6 Å². The van der Waals surface area contributed by atoms with Crippen LogP contribution in [0.2, 0.25) is 0 Å². The first-order valence-electron chi connectivity index (χ1n) is 11.1. The number of nitrogens with zero attached hydrogens (tertiary/aromatic N) is 1. The van der Waals surface area contributed by atoms with Crippen LogP contribution in [-0.4, -0.2) is 50.2 Å². The van der Waals surface area contributed by atoms with Gasteiger partial charge >= 0.3 is 6.03 Å². The van der Waals surface area contributed by atoms with Crippen molar-refractivity contribution in [3.63, 3.8) is 0 Å². The van der Waals surface area contributed by atoms with Gasteiger partial charge in [-0.3, -0.25) is 10.1 Å². The van der Waals surface area contributed by atoms with Gasteiger partial charge in [0.15, 0.2) is 11.6 Å². The highest BCUT2D eigenvalue weighted by molar-refractivity contribution is 7.89. The molecule has 10 heteroatoms. The molecule has 2 fully saturated rings. The number of benzene rings is 1. The number of unbranched alkanes of at least 4 members (excludes halogenated alkanes) is 1. The molecule has 1 heterocycles. The Kier molecular flexibility index (Phi) is 7.76. The van der Waals surface area contributed by atoms with Crippen molar-refractivity contribution in [2.75, 3.05) is 19.7 Å². The van der Waals surface area contributed by atoms with E-state index in [0.29, 0.717) is 43.9 Å². The minimum absolute atomic E-state index is 0.0191. The number of urea groups is 1. The molecule has 0 bridgehead atoms. The number of imide groups is 1. The van der Waals surface area contributed by atoms with Crippen LogP contribution < -0.4 is 15.2 Å². The number of hydrogen-bond donors (Lipinski definition) is 2. The molecule has 0 spiro atoms. The molecule has 32 heavy (non-hydrogen) atoms. The number of rotatable bonds is 12. The van der Waals surface area contributed by atoms with E-state index >= 15 is 0 Å². The van der Waals surface area contributed by atoms with E-state index in [2.05, 4.69) is 5.32 Å². The lowest BCUT2D eigenvalue weighted by Crippen LogP contribution is -2.36. The Morgan fingerprint density at radius 2 is 1.97 bits per heavy atom. The molecule has 8 nitrogen and oxygen atoms in total. The lowest BCUT2D eigenvalue weighted by molar-refractivity contribution is -0.118. The minimum Gasteiger partial charge on any atom is -0.490 e. The van der Waals surface area contributed by atoms with Crippen LogP contribution in [0.5, 0.6) is 5.75 Å². The van der Waals surface area contributed by atoms with Crippen molar-refractivity contribution < 1.29 is 27.1 Å². The minimum atomic E-state index is -3.90. The Balaban J connectivity index is 1.71. The molecule has 1 saturated carbocycles. The number of sulfonamides is 1. The summed E-state index contributed by atoms with van der Waals surface area (Å²) in [6.07, 6.45) is 3.50. The first-order valence-corrected chi connectivity index (χ1v) is 12.7. The molecule has 1 aliphatic carbocycles. The number of primary sulfonamides is 1. The third kappa shape index (κ3) is 6.41. The van der Waals surface area contributed by atoms with Crippen molar-refractivity contribution in [1.82, 2.24) is 10.2 Å². The Morgan fingerprint density at radius 3 is 2.53 bits per heavy atom. The van der Waals surface area contributed by atoms with Crippen LogP contribution in [0.15, 0.2) is 18.2 Å². The lowest BCUT2D eigenvalue weighted by Gasteiger charge is -2.30. The van der Waals surface area contributed by atoms with Crippen LogP contribution in [0.4, 0.5) is 9.18 Å². The van der Waals surface area contributed by atoms with E-state index in [4.69, 9.17) is 9.88 Å². The molecule has 2 aliphatic rings. The quantitative estimate of drug-likeness (QED) is 0.360. The monoisotopic (exact) mass is 469 g/mol. The van der Waals surface area contributed by atoms with Gasteiger partial charge in [0.2, 0.25) is 15.9 Å². The summed E-state index contributed by atoms with van der Waals surface area (Å²) in [5, 5.41) is 6.98. The standard InChI is InChI=1S/C22H32FN3O5S/c1-14(2)21(16-8-9-17(23)18(11-16)31-13-15-6-7-15)19(32(24,29)30)5-3-4-10-26-12-20(27)25-22(26)28/h8-9,11,14-15,19,21H,3-7,10,12-13H2,1-2H3,(H2,24,29,30)(H,25,27,28). The largest absolute Gasteiger partial charge is 0.490 e. The molecule has 3 rings (SSSR count).